The molecule has 316 valence electrons. The highest BCUT2D eigenvalue weighted by atomic mass is 16.5. The molecule has 0 amide bonds. The first-order chi connectivity index (χ1) is 26.0. The van der Waals surface area contributed by atoms with Crippen molar-refractivity contribution in [1.29, 1.82) is 0 Å². The Morgan fingerprint density at radius 3 is 1.53 bits per heavy atom. The Balaban J connectivity index is 4.98. The van der Waals surface area contributed by atoms with Gasteiger partial charge in [0.25, 0.3) is 0 Å². The highest BCUT2D eigenvalue weighted by molar-refractivity contribution is 5.69. The van der Waals surface area contributed by atoms with Gasteiger partial charge in [-0.2, -0.15) is 0 Å². The third-order valence-electron chi connectivity index (χ3n) is 11.3. The van der Waals surface area contributed by atoms with Gasteiger partial charge >= 0.3 is 11.9 Å². The molecule has 7 nitrogen and oxygen atoms in total. The molecule has 0 aromatic rings. The molecule has 0 radical (unpaired) electrons. The van der Waals surface area contributed by atoms with Crippen molar-refractivity contribution >= 4 is 11.9 Å². The molecule has 0 aromatic heterocycles. The number of nitrogens with two attached hydrogens (primary N) is 1. The number of carbonyl (C=O) groups is 2. The fraction of sp³-hybridized carbons (Fsp3) is 0.957. The van der Waals surface area contributed by atoms with E-state index in [-0.39, 0.29) is 5.97 Å². The first kappa shape index (κ1) is 51.8. The fourth-order valence-corrected chi connectivity index (χ4v) is 7.89. The van der Waals surface area contributed by atoms with E-state index >= 15 is 0 Å². The van der Waals surface area contributed by atoms with Crippen LogP contribution in [0, 0.1) is 11.8 Å². The number of aliphatic carboxylic acids is 1. The maximum absolute atomic E-state index is 12.2. The molecule has 0 aliphatic rings. The van der Waals surface area contributed by atoms with Crippen molar-refractivity contribution in [2.45, 2.75) is 226 Å². The minimum atomic E-state index is -0.660. The molecule has 4 N–H and O–H groups in total. The van der Waals surface area contributed by atoms with Gasteiger partial charge in [0, 0.05) is 39.0 Å². The number of hydrogen-bond donors (Lipinski definition) is 3. The van der Waals surface area contributed by atoms with Crippen LogP contribution in [0.15, 0.2) is 0 Å². The number of hydrogen-bond acceptors (Lipinski definition) is 6. The van der Waals surface area contributed by atoms with Crippen LogP contribution in [0.5, 0.6) is 0 Å². The Bertz CT molecular complexity index is 751. The van der Waals surface area contributed by atoms with Crippen molar-refractivity contribution in [3.05, 3.63) is 0 Å². The van der Waals surface area contributed by atoms with Gasteiger partial charge < -0.3 is 25.8 Å². The van der Waals surface area contributed by atoms with E-state index in [9.17, 15) is 14.7 Å². The highest BCUT2D eigenvalue weighted by Gasteiger charge is 2.22. The zero-order valence-corrected chi connectivity index (χ0v) is 35.9. The number of unbranched alkanes of at least 4 members (excludes halogenated alkanes) is 21. The molecule has 0 aromatic carbocycles. The van der Waals surface area contributed by atoms with Crippen LogP contribution in [-0.4, -0.2) is 67.8 Å². The van der Waals surface area contributed by atoms with E-state index in [1.165, 1.54) is 161 Å². The summed E-state index contributed by atoms with van der Waals surface area (Å²) in [5.74, 6) is 0.764. The van der Waals surface area contributed by atoms with Gasteiger partial charge in [0.2, 0.25) is 0 Å². The third-order valence-corrected chi connectivity index (χ3v) is 11.3. The minimum Gasteiger partial charge on any atom is -0.481 e. The number of carboxylic acids is 1. The summed E-state index contributed by atoms with van der Waals surface area (Å²) in [6.07, 6.45) is 38.3. The van der Waals surface area contributed by atoms with Crippen molar-refractivity contribution in [3.63, 3.8) is 0 Å². The van der Waals surface area contributed by atoms with E-state index in [2.05, 4.69) is 31.0 Å². The van der Waals surface area contributed by atoms with Gasteiger partial charge in [-0.25, -0.2) is 0 Å². The lowest BCUT2D eigenvalue weighted by atomic mass is 9.78. The Morgan fingerprint density at radius 1 is 0.528 bits per heavy atom. The van der Waals surface area contributed by atoms with Gasteiger partial charge in [-0.3, -0.25) is 9.59 Å². The van der Waals surface area contributed by atoms with Crippen molar-refractivity contribution in [2.24, 2.45) is 17.6 Å². The van der Waals surface area contributed by atoms with Crippen LogP contribution in [0.25, 0.3) is 0 Å². The summed E-state index contributed by atoms with van der Waals surface area (Å²) >= 11 is 0. The average Bonchev–Trinajstić information content (AvgIpc) is 3.15. The smallest absolute Gasteiger partial charge is 0.305 e. The van der Waals surface area contributed by atoms with Crippen LogP contribution in [-0.2, 0) is 14.3 Å². The molecule has 53 heavy (non-hydrogen) atoms. The summed E-state index contributed by atoms with van der Waals surface area (Å²) in [6.45, 7) is 13.2. The Morgan fingerprint density at radius 2 is 0.981 bits per heavy atom. The summed E-state index contributed by atoms with van der Waals surface area (Å²) in [6, 6.07) is 0. The molecule has 0 spiro atoms. The van der Waals surface area contributed by atoms with Gasteiger partial charge in [0.1, 0.15) is 0 Å². The Hall–Kier alpha value is -1.18. The number of nitrogens with zero attached hydrogens (tertiary/aromatic N) is 1. The van der Waals surface area contributed by atoms with Gasteiger partial charge in [-0.1, -0.05) is 181 Å². The molecule has 1 atom stereocenters. The lowest BCUT2D eigenvalue weighted by molar-refractivity contribution is -0.144. The van der Waals surface area contributed by atoms with Crippen LogP contribution in [0.3, 0.4) is 0 Å². The summed E-state index contributed by atoms with van der Waals surface area (Å²) in [4.78, 5) is 26.2. The van der Waals surface area contributed by atoms with E-state index in [0.717, 1.165) is 70.7 Å². The summed E-state index contributed by atoms with van der Waals surface area (Å²) in [5, 5.41) is 12.8. The second-order valence-electron chi connectivity index (χ2n) is 16.3. The number of carbonyl (C=O) groups excluding carboxylic acids is 1. The summed E-state index contributed by atoms with van der Waals surface area (Å²) in [7, 11) is 0. The van der Waals surface area contributed by atoms with Crippen LogP contribution in [0.4, 0.5) is 0 Å². The van der Waals surface area contributed by atoms with Crippen molar-refractivity contribution in [1.82, 2.24) is 10.2 Å². The average molecular weight is 752 g/mol. The molecule has 0 saturated carbocycles. The van der Waals surface area contributed by atoms with Crippen LogP contribution in [0.1, 0.15) is 226 Å². The van der Waals surface area contributed by atoms with Gasteiger partial charge in [-0.05, 0) is 57.0 Å². The second kappa shape index (κ2) is 42.0. The zero-order chi connectivity index (χ0) is 38.9. The molecule has 0 rings (SSSR count). The topological polar surface area (TPSA) is 105 Å². The van der Waals surface area contributed by atoms with Crippen LogP contribution < -0.4 is 11.1 Å². The number of esters is 1. The molecule has 0 fully saturated rings. The zero-order valence-electron chi connectivity index (χ0n) is 35.9. The maximum Gasteiger partial charge on any atom is 0.305 e. The minimum absolute atomic E-state index is 0.0176. The van der Waals surface area contributed by atoms with E-state index in [1.807, 2.05) is 0 Å². The molecular formula is C46H93N3O4. The first-order valence-corrected chi connectivity index (χ1v) is 23.5. The summed E-state index contributed by atoms with van der Waals surface area (Å²) in [5.41, 5.74) is 5.77. The molecule has 0 bridgehead atoms. The highest BCUT2D eigenvalue weighted by Crippen LogP contribution is 2.32. The SMILES string of the molecule is CCCCCCCCCOC(=O)CCCCCCCN(CCNCCN)CCC(CCCCC(=O)O)C(CCCCCCCC)CCCCCCCC. The van der Waals surface area contributed by atoms with Crippen LogP contribution in [0.2, 0.25) is 0 Å². The number of nitrogens with one attached hydrogen (secondary N) is 1. The fourth-order valence-electron chi connectivity index (χ4n) is 7.89. The van der Waals surface area contributed by atoms with E-state index in [4.69, 9.17) is 10.5 Å². The Kier molecular flexibility index (Phi) is 41.0. The molecular weight excluding hydrogens is 659 g/mol. The van der Waals surface area contributed by atoms with Crippen molar-refractivity contribution < 1.29 is 19.4 Å². The standard InChI is InChI=1S/C46H93N3O4/c1-4-7-10-13-16-22-29-42-53-46(52)34-25-20-17-21-28-39-49(41-38-48-37-36-47)40-35-44(32-26-27-33-45(50)51)43(30-23-18-14-11-8-5-2)31-24-19-15-12-9-6-3/h43-44,48H,4-42,47H2,1-3H3,(H,50,51). The van der Waals surface area contributed by atoms with E-state index in [1.54, 1.807) is 0 Å². The maximum atomic E-state index is 12.2. The van der Waals surface area contributed by atoms with Gasteiger partial charge in [0.15, 0.2) is 0 Å². The predicted octanol–water partition coefficient (Wildman–Crippen LogP) is 12.2. The van der Waals surface area contributed by atoms with E-state index < -0.39 is 5.97 Å². The molecule has 0 heterocycles. The molecule has 0 aliphatic carbocycles. The van der Waals surface area contributed by atoms with Crippen molar-refractivity contribution in [3.8, 4) is 0 Å². The largest absolute Gasteiger partial charge is 0.481 e. The normalized spacial score (nSPS) is 12.3. The van der Waals surface area contributed by atoms with E-state index in [0.29, 0.717) is 31.9 Å². The Labute approximate surface area is 330 Å². The van der Waals surface area contributed by atoms with Gasteiger partial charge in [-0.15, -0.1) is 0 Å². The lowest BCUT2D eigenvalue weighted by Gasteiger charge is -2.31. The quantitative estimate of drug-likeness (QED) is 0.0420. The third kappa shape index (κ3) is 37.5. The monoisotopic (exact) mass is 752 g/mol. The first-order valence-electron chi connectivity index (χ1n) is 23.5. The summed E-state index contributed by atoms with van der Waals surface area (Å²) < 4.78 is 5.49. The molecule has 1 unspecified atom stereocenters. The molecule has 0 aliphatic heterocycles. The number of ether oxygens (including phenoxy) is 1. The van der Waals surface area contributed by atoms with Crippen LogP contribution >= 0.6 is 0 Å². The number of rotatable bonds is 44. The second-order valence-corrected chi connectivity index (χ2v) is 16.3. The predicted molar refractivity (Wildman–Crippen MR) is 229 cm³/mol. The molecule has 7 heteroatoms. The van der Waals surface area contributed by atoms with Crippen molar-refractivity contribution in [2.75, 3.05) is 45.9 Å². The number of carboxylic acid groups (broad SMARTS) is 1. The lowest BCUT2D eigenvalue weighted by Crippen LogP contribution is -2.36. The van der Waals surface area contributed by atoms with Gasteiger partial charge in [0.05, 0.1) is 6.61 Å². The molecule has 0 saturated heterocycles.